The minimum atomic E-state index is -4.92. The minimum absolute atomic E-state index is 2.69. The van der Waals surface area contributed by atoms with E-state index in [-0.39, 0.29) is 0 Å². The van der Waals surface area contributed by atoms with E-state index in [0.29, 0.717) is 0 Å². The SMILES string of the molecule is [2H][C]([2H])([2H])[Sn]([Cl])([Cl])[C]([2H])([2H])[2H]. The zero-order chi connectivity index (χ0) is 9.50. The summed E-state index contributed by atoms with van der Waals surface area (Å²) in [6.45, 7) is 0. The van der Waals surface area contributed by atoms with E-state index in [1.165, 1.54) is 0 Å². The Labute approximate surface area is 52.2 Å². The molecule has 5 heavy (non-hydrogen) atoms. The molecular formula is C2H6Cl2Sn. The third-order valence-electron chi connectivity index (χ3n) is 0. The van der Waals surface area contributed by atoms with E-state index in [0.717, 1.165) is 0 Å². The summed E-state index contributed by atoms with van der Waals surface area (Å²) in [5.41, 5.74) is 0. The molecule has 0 N–H and O–H groups in total. The summed E-state index contributed by atoms with van der Waals surface area (Å²) in [6.07, 6.45) is 0. The summed E-state index contributed by atoms with van der Waals surface area (Å²) in [5.74, 6) is 0. The molecule has 0 nitrogen and oxygen atoms in total. The van der Waals surface area contributed by atoms with E-state index in [9.17, 15) is 0 Å². The number of rotatable bonds is 0. The first kappa shape index (κ1) is 1.43. The van der Waals surface area contributed by atoms with Crippen LogP contribution in [-0.2, 0) is 0 Å². The van der Waals surface area contributed by atoms with Crippen LogP contribution in [0.25, 0.3) is 0 Å². The van der Waals surface area contributed by atoms with Crippen LogP contribution in [0.3, 0.4) is 0 Å². The van der Waals surface area contributed by atoms with E-state index in [1.807, 2.05) is 0 Å². The Hall–Kier alpha value is 1.38. The second-order valence-electron chi connectivity index (χ2n) is 0.574. The fourth-order valence-corrected chi connectivity index (χ4v) is 0. The van der Waals surface area contributed by atoms with Crippen molar-refractivity contribution in [3.63, 3.8) is 0 Å². The monoisotopic (exact) mass is 226 g/mol. The van der Waals surface area contributed by atoms with Gasteiger partial charge >= 0.3 is 51.9 Å². The van der Waals surface area contributed by atoms with Crippen molar-refractivity contribution in [3.05, 3.63) is 0 Å². The van der Waals surface area contributed by atoms with Crippen molar-refractivity contribution in [3.8, 4) is 0 Å². The van der Waals surface area contributed by atoms with Gasteiger partial charge in [-0.15, -0.1) is 0 Å². The molecule has 3 heteroatoms. The molecular weight excluding hydrogens is 214 g/mol. The second kappa shape index (κ2) is 1.89. The van der Waals surface area contributed by atoms with Crippen molar-refractivity contribution in [2.45, 2.75) is 9.74 Å². The quantitative estimate of drug-likeness (QED) is 0.555. The second-order valence-corrected chi connectivity index (χ2v) is 12.8. The molecule has 0 aromatic rings. The Morgan fingerprint density at radius 2 is 2.00 bits per heavy atom. The number of hydrogen-bond donors (Lipinski definition) is 0. The van der Waals surface area contributed by atoms with E-state index in [2.05, 4.69) is 0 Å². The molecule has 0 rings (SSSR count). The van der Waals surface area contributed by atoms with Gasteiger partial charge in [-0.25, -0.2) is 0 Å². The van der Waals surface area contributed by atoms with Crippen molar-refractivity contribution in [1.82, 2.24) is 0 Å². The predicted molar refractivity (Wildman–Crippen MR) is 29.2 cm³/mol. The third kappa shape index (κ3) is 32.3. The molecule has 0 aliphatic rings. The van der Waals surface area contributed by atoms with Gasteiger partial charge in [0.05, 0.1) is 0 Å². The van der Waals surface area contributed by atoms with Crippen molar-refractivity contribution in [2.24, 2.45) is 0 Å². The van der Waals surface area contributed by atoms with Gasteiger partial charge in [-0.1, -0.05) is 0 Å². The van der Waals surface area contributed by atoms with E-state index < -0.39 is 25.9 Å². The van der Waals surface area contributed by atoms with Crippen molar-refractivity contribution >= 4 is 34.0 Å². The van der Waals surface area contributed by atoms with Gasteiger partial charge in [-0.05, 0) is 0 Å². The maximum absolute atomic E-state index is 6.79. The van der Waals surface area contributed by atoms with Gasteiger partial charge < -0.3 is 0 Å². The van der Waals surface area contributed by atoms with Crippen molar-refractivity contribution in [2.75, 3.05) is 0 Å². The van der Waals surface area contributed by atoms with Gasteiger partial charge in [-0.2, -0.15) is 0 Å². The van der Waals surface area contributed by atoms with Crippen LogP contribution in [0.1, 0.15) is 8.22 Å². The van der Waals surface area contributed by atoms with Crippen molar-refractivity contribution in [1.29, 1.82) is 0 Å². The van der Waals surface area contributed by atoms with E-state index >= 15 is 0 Å². The molecule has 0 heterocycles. The van der Waals surface area contributed by atoms with Gasteiger partial charge in [0.25, 0.3) is 0 Å². The Kier molecular flexibility index (Phi) is 0.540. The van der Waals surface area contributed by atoms with Crippen LogP contribution >= 0.6 is 17.8 Å². The van der Waals surface area contributed by atoms with E-state index in [1.54, 1.807) is 0 Å². The first-order valence-corrected chi connectivity index (χ1v) is 11.0. The first-order valence-electron chi connectivity index (χ1n) is 3.88. The Bertz CT molecular complexity index is 130. The molecule has 0 radical (unpaired) electrons. The molecule has 32 valence electrons. The van der Waals surface area contributed by atoms with Crippen LogP contribution in [0.15, 0.2) is 0 Å². The standard InChI is InChI=1S/2CH3.2ClH.Sn/h2*1H3;2*1H;/q;;;;+2/p-2/i2*1D3;;;. The summed E-state index contributed by atoms with van der Waals surface area (Å²) in [4.78, 5) is -5.38. The molecule has 0 amide bonds. The average Bonchev–Trinajstić information content (AvgIpc) is 1.58. The van der Waals surface area contributed by atoms with Gasteiger partial charge in [0, 0.05) is 0 Å². The van der Waals surface area contributed by atoms with Crippen LogP contribution in [-0.4, -0.2) is 16.1 Å². The average molecular weight is 226 g/mol. The van der Waals surface area contributed by atoms with Gasteiger partial charge in [0.1, 0.15) is 0 Å². The molecule has 0 aromatic heterocycles. The summed E-state index contributed by atoms with van der Waals surface area (Å²) in [5, 5.41) is 0. The third-order valence-corrected chi connectivity index (χ3v) is 0. The number of halogens is 2. The topological polar surface area (TPSA) is 0 Å². The molecule has 0 bridgehead atoms. The molecule has 0 saturated carbocycles. The molecule has 0 fully saturated rings. The molecule has 0 aliphatic carbocycles. The molecule has 0 aliphatic heterocycles. The Morgan fingerprint density at radius 3 is 2.00 bits per heavy atom. The summed E-state index contributed by atoms with van der Waals surface area (Å²) < 4.78 is 40.8. The normalized spacial score (nSPS) is 34.8. The van der Waals surface area contributed by atoms with Crippen LogP contribution in [0, 0.1) is 0 Å². The van der Waals surface area contributed by atoms with Crippen LogP contribution in [0.5, 0.6) is 0 Å². The predicted octanol–water partition coefficient (Wildman–Crippen LogP) is 2.17. The van der Waals surface area contributed by atoms with Gasteiger partial charge in [-0.3, -0.25) is 0 Å². The van der Waals surface area contributed by atoms with Gasteiger partial charge in [0.2, 0.25) is 0 Å². The fourth-order valence-electron chi connectivity index (χ4n) is 0. The zero-order valence-electron chi connectivity index (χ0n) is 8.26. The molecule has 0 saturated heterocycles. The van der Waals surface area contributed by atoms with Crippen molar-refractivity contribution < 1.29 is 8.22 Å². The molecule has 0 spiro atoms. The fraction of sp³-hybridized carbons (Fsp3) is 1.00. The Morgan fingerprint density at radius 1 is 1.60 bits per heavy atom. The number of hydrogen-bond acceptors (Lipinski definition) is 0. The summed E-state index contributed by atoms with van der Waals surface area (Å²) >= 11 is -4.92. The first-order chi connectivity index (χ1) is 4.50. The summed E-state index contributed by atoms with van der Waals surface area (Å²) in [7, 11) is 10.7. The van der Waals surface area contributed by atoms with E-state index in [4.69, 9.17) is 26.1 Å². The molecule has 0 aromatic carbocycles. The maximum atomic E-state index is 6.79. The molecule has 0 atom stereocenters. The van der Waals surface area contributed by atoms with Gasteiger partial charge in [0.15, 0.2) is 0 Å². The van der Waals surface area contributed by atoms with Crippen LogP contribution in [0.4, 0.5) is 0 Å². The van der Waals surface area contributed by atoms with Crippen LogP contribution in [0.2, 0.25) is 9.74 Å². The Balaban J connectivity index is 4.75. The summed E-state index contributed by atoms with van der Waals surface area (Å²) in [6, 6.07) is 0. The zero-order valence-corrected chi connectivity index (χ0v) is 6.62. The van der Waals surface area contributed by atoms with Crippen LogP contribution < -0.4 is 0 Å². The molecule has 0 unspecified atom stereocenters.